The van der Waals surface area contributed by atoms with E-state index in [0.717, 1.165) is 11.3 Å². The van der Waals surface area contributed by atoms with Crippen LogP contribution in [-0.4, -0.2) is 6.34 Å². The third-order valence-corrected chi connectivity index (χ3v) is 2.52. The molecule has 0 spiro atoms. The van der Waals surface area contributed by atoms with Crippen molar-refractivity contribution >= 4 is 18.1 Å². The minimum atomic E-state index is 1.07. The Balaban J connectivity index is 2.45. The summed E-state index contributed by atoms with van der Waals surface area (Å²) in [6.45, 7) is 0. The summed E-state index contributed by atoms with van der Waals surface area (Å²) < 4.78 is 0. The lowest BCUT2D eigenvalue weighted by Gasteiger charge is -2.09. The summed E-state index contributed by atoms with van der Waals surface area (Å²) >= 11 is 0. The van der Waals surface area contributed by atoms with E-state index in [1.165, 1.54) is 10.4 Å². The predicted octanol–water partition coefficient (Wildman–Crippen LogP) is 0.537. The smallest absolute Gasteiger partial charge is 0.173 e. The topological polar surface area (TPSA) is 24.4 Å². The van der Waals surface area contributed by atoms with Crippen molar-refractivity contribution in [2.24, 2.45) is 4.99 Å². The number of rotatable bonds is 0. The first-order valence-corrected chi connectivity index (χ1v) is 4.84. The van der Waals surface area contributed by atoms with Crippen molar-refractivity contribution in [3.8, 4) is 0 Å². The minimum absolute atomic E-state index is 1.07. The molecule has 0 saturated carbocycles. The van der Waals surface area contributed by atoms with Gasteiger partial charge < -0.3 is 5.32 Å². The average Bonchev–Trinajstić information content (AvgIpc) is 2.48. The van der Waals surface area contributed by atoms with Crippen LogP contribution in [0.25, 0.3) is 11.8 Å². The summed E-state index contributed by atoms with van der Waals surface area (Å²) in [5.74, 6) is 0. The highest BCUT2D eigenvalue weighted by Crippen LogP contribution is 2.11. The zero-order chi connectivity index (χ0) is 10.1. The first-order valence-electron chi connectivity index (χ1n) is 4.84. The van der Waals surface area contributed by atoms with Crippen molar-refractivity contribution in [3.63, 3.8) is 0 Å². The second kappa shape index (κ2) is 3.24. The van der Waals surface area contributed by atoms with E-state index in [9.17, 15) is 0 Å². The second-order valence-electron chi connectivity index (χ2n) is 3.44. The van der Waals surface area contributed by atoms with Gasteiger partial charge in [0.05, 0.1) is 5.70 Å². The summed E-state index contributed by atoms with van der Waals surface area (Å²) in [6, 6.07) is 8.28. The third kappa shape index (κ3) is 1.31. The lowest BCUT2D eigenvalue weighted by molar-refractivity contribution is 1.24. The zero-order valence-corrected chi connectivity index (χ0v) is 8.07. The molecule has 0 amide bonds. The number of benzene rings is 1. The Bertz CT molecular complexity index is 604. The lowest BCUT2D eigenvalue weighted by atomic mass is 10.1. The fourth-order valence-corrected chi connectivity index (χ4v) is 1.80. The molecule has 1 heterocycles. The Kier molecular flexibility index (Phi) is 1.78. The van der Waals surface area contributed by atoms with Crippen molar-refractivity contribution in [1.82, 2.24) is 5.32 Å². The van der Waals surface area contributed by atoms with Gasteiger partial charge in [0.25, 0.3) is 0 Å². The van der Waals surface area contributed by atoms with Crippen LogP contribution < -0.4 is 15.8 Å². The van der Waals surface area contributed by atoms with Gasteiger partial charge in [0.2, 0.25) is 0 Å². The van der Waals surface area contributed by atoms with Crippen LogP contribution >= 0.6 is 0 Å². The number of aliphatic imine (C=N–C) groups is 1. The van der Waals surface area contributed by atoms with E-state index in [1.807, 2.05) is 30.5 Å². The molecule has 1 N–H and O–H groups in total. The van der Waals surface area contributed by atoms with Crippen LogP contribution in [0.5, 0.6) is 0 Å². The molecule has 0 aromatic heterocycles. The van der Waals surface area contributed by atoms with E-state index >= 15 is 0 Å². The van der Waals surface area contributed by atoms with Crippen LogP contribution in [0, 0.1) is 0 Å². The Morgan fingerprint density at radius 3 is 3.13 bits per heavy atom. The molecule has 0 unspecified atom stereocenters. The van der Waals surface area contributed by atoms with Crippen LogP contribution in [0.1, 0.15) is 0 Å². The highest BCUT2D eigenvalue weighted by atomic mass is 15.0. The largest absolute Gasteiger partial charge is 0.336 e. The molecule has 0 fully saturated rings. The molecule has 2 aliphatic rings. The highest BCUT2D eigenvalue weighted by molar-refractivity contribution is 5.81. The molecule has 0 bridgehead atoms. The van der Waals surface area contributed by atoms with Gasteiger partial charge in [0, 0.05) is 17.0 Å². The quantitative estimate of drug-likeness (QED) is 0.639. The first-order chi connectivity index (χ1) is 7.45. The number of allylic oxidation sites excluding steroid dienone is 1. The molecular formula is C13H9N2. The van der Waals surface area contributed by atoms with Crippen LogP contribution in [0.4, 0.5) is 0 Å². The number of hydrogen-bond acceptors (Lipinski definition) is 2. The highest BCUT2D eigenvalue weighted by Gasteiger charge is 2.07. The number of fused-ring (bicyclic) bond motifs is 2. The fraction of sp³-hybridized carbons (Fsp3) is 0. The molecule has 1 aliphatic heterocycles. The van der Waals surface area contributed by atoms with Gasteiger partial charge >= 0.3 is 0 Å². The monoisotopic (exact) mass is 193 g/mol. The molecule has 0 saturated heterocycles. The SMILES string of the molecule is [C]1=NC=C2C=CC=c3ccccc3=C2N1. The predicted molar refractivity (Wildman–Crippen MR) is 61.4 cm³/mol. The zero-order valence-electron chi connectivity index (χ0n) is 8.07. The normalized spacial score (nSPS) is 16.8. The number of nitrogens with zero attached hydrogens (tertiary/aromatic N) is 1. The maximum absolute atomic E-state index is 3.97. The fourth-order valence-electron chi connectivity index (χ4n) is 1.80. The Morgan fingerprint density at radius 2 is 2.13 bits per heavy atom. The van der Waals surface area contributed by atoms with Gasteiger partial charge in [0.15, 0.2) is 6.34 Å². The van der Waals surface area contributed by atoms with Crippen molar-refractivity contribution in [1.29, 1.82) is 0 Å². The maximum atomic E-state index is 3.97. The molecule has 1 aliphatic carbocycles. The number of nitrogens with one attached hydrogen (secondary N) is 1. The summed E-state index contributed by atoms with van der Waals surface area (Å²) in [5.41, 5.74) is 2.17. The first kappa shape index (κ1) is 8.24. The molecule has 15 heavy (non-hydrogen) atoms. The Morgan fingerprint density at radius 1 is 1.20 bits per heavy atom. The molecule has 2 heteroatoms. The Hall–Kier alpha value is -2.09. The van der Waals surface area contributed by atoms with Crippen LogP contribution in [-0.2, 0) is 0 Å². The molecule has 1 radical (unpaired) electrons. The lowest BCUT2D eigenvalue weighted by Crippen LogP contribution is -2.31. The summed E-state index contributed by atoms with van der Waals surface area (Å²) in [6.07, 6.45) is 10.8. The van der Waals surface area contributed by atoms with E-state index in [1.54, 1.807) is 0 Å². The van der Waals surface area contributed by atoms with E-state index in [2.05, 4.69) is 34.9 Å². The summed E-state index contributed by atoms with van der Waals surface area (Å²) in [5, 5.41) is 5.48. The Labute approximate surface area is 87.7 Å². The van der Waals surface area contributed by atoms with E-state index in [0.29, 0.717) is 0 Å². The van der Waals surface area contributed by atoms with Crippen LogP contribution in [0.3, 0.4) is 0 Å². The van der Waals surface area contributed by atoms with Crippen LogP contribution in [0.15, 0.2) is 53.2 Å². The molecule has 3 rings (SSSR count). The summed E-state index contributed by atoms with van der Waals surface area (Å²) in [7, 11) is 0. The molecule has 0 atom stereocenters. The van der Waals surface area contributed by atoms with Gasteiger partial charge in [-0.1, -0.05) is 42.5 Å². The van der Waals surface area contributed by atoms with E-state index in [4.69, 9.17) is 0 Å². The van der Waals surface area contributed by atoms with Gasteiger partial charge in [0.1, 0.15) is 0 Å². The molecule has 2 nitrogen and oxygen atoms in total. The molecule has 1 aromatic rings. The molecular weight excluding hydrogens is 184 g/mol. The van der Waals surface area contributed by atoms with E-state index in [-0.39, 0.29) is 0 Å². The second-order valence-corrected chi connectivity index (χ2v) is 3.44. The van der Waals surface area contributed by atoms with Crippen molar-refractivity contribution < 1.29 is 0 Å². The van der Waals surface area contributed by atoms with Crippen molar-refractivity contribution in [2.75, 3.05) is 0 Å². The molecule has 71 valence electrons. The summed E-state index contributed by atoms with van der Waals surface area (Å²) in [4.78, 5) is 3.97. The molecule has 1 aromatic carbocycles. The average molecular weight is 193 g/mol. The third-order valence-electron chi connectivity index (χ3n) is 2.52. The van der Waals surface area contributed by atoms with Crippen molar-refractivity contribution in [2.45, 2.75) is 0 Å². The van der Waals surface area contributed by atoms with Gasteiger partial charge in [-0.2, -0.15) is 0 Å². The van der Waals surface area contributed by atoms with Crippen LogP contribution in [0.2, 0.25) is 0 Å². The number of hydrogen-bond donors (Lipinski definition) is 1. The minimum Gasteiger partial charge on any atom is -0.336 e. The van der Waals surface area contributed by atoms with Gasteiger partial charge in [-0.25, -0.2) is 4.99 Å². The standard InChI is InChI=1S/C13H9N2/c1-2-7-12-10(4-1)5-3-6-11-8-14-9-15-13(11)12/h1-8H,(H,14,15). The maximum Gasteiger partial charge on any atom is 0.173 e. The van der Waals surface area contributed by atoms with E-state index < -0.39 is 0 Å². The van der Waals surface area contributed by atoms with Gasteiger partial charge in [-0.3, -0.25) is 0 Å². The van der Waals surface area contributed by atoms with Gasteiger partial charge in [-0.15, -0.1) is 0 Å². The van der Waals surface area contributed by atoms with Crippen molar-refractivity contribution in [3.05, 3.63) is 58.6 Å². The van der Waals surface area contributed by atoms with Gasteiger partial charge in [-0.05, 0) is 5.22 Å².